The van der Waals surface area contributed by atoms with Gasteiger partial charge in [-0.25, -0.2) is 0 Å². The van der Waals surface area contributed by atoms with Crippen LogP contribution in [0.5, 0.6) is 0 Å². The summed E-state index contributed by atoms with van der Waals surface area (Å²) < 4.78 is 0. The second-order valence-electron chi connectivity index (χ2n) is 5.12. The zero-order valence-corrected chi connectivity index (χ0v) is 12.2. The summed E-state index contributed by atoms with van der Waals surface area (Å²) in [7, 11) is 0. The number of imide groups is 1. The fraction of sp³-hybridized carbons (Fsp3) is 0.333. The van der Waals surface area contributed by atoms with Gasteiger partial charge in [0.1, 0.15) is 0 Å². The molecule has 0 bridgehead atoms. The van der Waals surface area contributed by atoms with Crippen LogP contribution in [0.3, 0.4) is 0 Å². The van der Waals surface area contributed by atoms with Crippen molar-refractivity contribution in [3.05, 3.63) is 46.0 Å². The van der Waals surface area contributed by atoms with Crippen LogP contribution in [-0.4, -0.2) is 16.7 Å². The minimum absolute atomic E-state index is 0.111. The van der Waals surface area contributed by atoms with E-state index in [1.807, 2.05) is 12.2 Å². The van der Waals surface area contributed by atoms with E-state index in [1.54, 1.807) is 18.2 Å². The van der Waals surface area contributed by atoms with E-state index in [2.05, 4.69) is 0 Å². The predicted octanol–water partition coefficient (Wildman–Crippen LogP) is 3.44. The smallest absolute Gasteiger partial charge is 0.233 e. The molecular weight excluding hydrogens is 297 g/mol. The van der Waals surface area contributed by atoms with Crippen molar-refractivity contribution in [1.29, 1.82) is 0 Å². The quantitative estimate of drug-likeness (QED) is 0.620. The summed E-state index contributed by atoms with van der Waals surface area (Å²) in [6.45, 7) is 0.156. The lowest BCUT2D eigenvalue weighted by Crippen LogP contribution is -2.30. The highest BCUT2D eigenvalue weighted by atomic mass is 35.5. The molecule has 3 nitrogen and oxygen atoms in total. The van der Waals surface area contributed by atoms with E-state index in [1.165, 1.54) is 4.90 Å². The molecule has 2 aliphatic rings. The molecule has 0 N–H and O–H groups in total. The van der Waals surface area contributed by atoms with Gasteiger partial charge in [0.05, 0.1) is 18.4 Å². The summed E-state index contributed by atoms with van der Waals surface area (Å²) in [5.74, 6) is -0.650. The first-order valence-corrected chi connectivity index (χ1v) is 7.28. The monoisotopic (exact) mass is 309 g/mol. The number of carbonyl (C=O) groups is 2. The van der Waals surface area contributed by atoms with Crippen molar-refractivity contribution in [2.75, 3.05) is 0 Å². The number of rotatable bonds is 2. The van der Waals surface area contributed by atoms with E-state index in [-0.39, 0.29) is 30.2 Å². The molecule has 20 heavy (non-hydrogen) atoms. The average Bonchev–Trinajstić information content (AvgIpc) is 2.68. The topological polar surface area (TPSA) is 37.4 Å². The lowest BCUT2D eigenvalue weighted by atomic mass is 9.85. The zero-order valence-electron chi connectivity index (χ0n) is 10.7. The zero-order chi connectivity index (χ0) is 14.3. The summed E-state index contributed by atoms with van der Waals surface area (Å²) in [4.78, 5) is 26.0. The Morgan fingerprint density at radius 2 is 1.50 bits per heavy atom. The van der Waals surface area contributed by atoms with E-state index in [9.17, 15) is 9.59 Å². The van der Waals surface area contributed by atoms with Crippen LogP contribution in [-0.2, 0) is 16.1 Å². The molecule has 104 valence electrons. The van der Waals surface area contributed by atoms with E-state index >= 15 is 0 Å². The Bertz CT molecular complexity index is 566. The maximum atomic E-state index is 12.4. The number of fused-ring (bicyclic) bond motifs is 1. The minimum atomic E-state index is -0.214. The first kappa shape index (κ1) is 13.7. The van der Waals surface area contributed by atoms with Gasteiger partial charge in [-0.15, -0.1) is 0 Å². The van der Waals surface area contributed by atoms with Gasteiger partial charge in [0.2, 0.25) is 11.8 Å². The molecule has 1 aliphatic heterocycles. The number of hydrogen-bond acceptors (Lipinski definition) is 2. The number of allylic oxidation sites excluding steroid dienone is 2. The van der Waals surface area contributed by atoms with Crippen molar-refractivity contribution in [2.45, 2.75) is 19.4 Å². The second kappa shape index (κ2) is 5.23. The van der Waals surface area contributed by atoms with Gasteiger partial charge in [-0.05, 0) is 25.0 Å². The second-order valence-corrected chi connectivity index (χ2v) is 5.93. The van der Waals surface area contributed by atoms with Gasteiger partial charge in [0.15, 0.2) is 0 Å². The Morgan fingerprint density at radius 3 is 2.00 bits per heavy atom. The molecule has 1 fully saturated rings. The number of amides is 2. The highest BCUT2D eigenvalue weighted by Gasteiger charge is 2.47. The van der Waals surface area contributed by atoms with Gasteiger partial charge in [-0.1, -0.05) is 41.4 Å². The largest absolute Gasteiger partial charge is 0.277 e. The fourth-order valence-electron chi connectivity index (χ4n) is 2.87. The molecule has 0 saturated carbocycles. The number of halogens is 2. The molecule has 0 spiro atoms. The van der Waals surface area contributed by atoms with Crippen molar-refractivity contribution in [2.24, 2.45) is 11.8 Å². The van der Waals surface area contributed by atoms with Gasteiger partial charge in [0.25, 0.3) is 0 Å². The molecule has 2 amide bonds. The lowest BCUT2D eigenvalue weighted by molar-refractivity contribution is -0.140. The molecule has 1 aromatic rings. The van der Waals surface area contributed by atoms with Crippen molar-refractivity contribution >= 4 is 35.0 Å². The summed E-state index contributed by atoms with van der Waals surface area (Å²) in [6, 6.07) is 5.16. The highest BCUT2D eigenvalue weighted by Crippen LogP contribution is 2.37. The molecule has 0 unspecified atom stereocenters. The molecule has 1 aromatic carbocycles. The summed E-state index contributed by atoms with van der Waals surface area (Å²) >= 11 is 12.2. The van der Waals surface area contributed by atoms with Crippen LogP contribution >= 0.6 is 23.2 Å². The molecular formula is C15H13Cl2NO2. The third kappa shape index (κ3) is 2.15. The fourth-order valence-corrected chi connectivity index (χ4v) is 3.38. The maximum absolute atomic E-state index is 12.4. The predicted molar refractivity (Wildman–Crippen MR) is 77.4 cm³/mol. The summed E-state index contributed by atoms with van der Waals surface area (Å²) in [5, 5.41) is 0.956. The number of benzene rings is 1. The third-order valence-electron chi connectivity index (χ3n) is 3.98. The van der Waals surface area contributed by atoms with Gasteiger partial charge in [0, 0.05) is 15.6 Å². The normalized spacial score (nSPS) is 25.2. The van der Waals surface area contributed by atoms with Crippen LogP contribution in [0.1, 0.15) is 18.4 Å². The molecule has 1 saturated heterocycles. The van der Waals surface area contributed by atoms with Crippen LogP contribution < -0.4 is 0 Å². The SMILES string of the molecule is O=C1[C@@H]2CC=CC[C@H]2C(=O)N1Cc1c(Cl)cccc1Cl. The van der Waals surface area contributed by atoms with Gasteiger partial charge < -0.3 is 0 Å². The van der Waals surface area contributed by atoms with Crippen LogP contribution in [0, 0.1) is 11.8 Å². The first-order chi connectivity index (χ1) is 9.59. The average molecular weight is 310 g/mol. The van der Waals surface area contributed by atoms with Crippen molar-refractivity contribution in [3.63, 3.8) is 0 Å². The number of likely N-dealkylation sites (tertiary alicyclic amines) is 1. The molecule has 5 heteroatoms. The molecule has 1 aliphatic carbocycles. The first-order valence-electron chi connectivity index (χ1n) is 6.52. The highest BCUT2D eigenvalue weighted by molar-refractivity contribution is 6.36. The molecule has 3 rings (SSSR count). The van der Waals surface area contributed by atoms with Gasteiger partial charge in [-0.3, -0.25) is 14.5 Å². The standard InChI is InChI=1S/C15H13Cl2NO2/c16-12-6-3-7-13(17)11(12)8-18-14(19)9-4-1-2-5-10(9)15(18)20/h1-3,6-7,9-10H,4-5,8H2/t9-,10-/m1/s1. The van der Waals surface area contributed by atoms with Crippen LogP contribution in [0.15, 0.2) is 30.4 Å². The van der Waals surface area contributed by atoms with E-state index < -0.39 is 0 Å². The van der Waals surface area contributed by atoms with Gasteiger partial charge >= 0.3 is 0 Å². The van der Waals surface area contributed by atoms with E-state index in [0.717, 1.165) is 0 Å². The number of hydrogen-bond donors (Lipinski definition) is 0. The van der Waals surface area contributed by atoms with Crippen LogP contribution in [0.2, 0.25) is 10.0 Å². The summed E-state index contributed by atoms with van der Waals surface area (Å²) in [6.07, 6.45) is 5.22. The van der Waals surface area contributed by atoms with Crippen molar-refractivity contribution in [3.8, 4) is 0 Å². The van der Waals surface area contributed by atoms with Crippen molar-refractivity contribution < 1.29 is 9.59 Å². The van der Waals surface area contributed by atoms with Crippen molar-refractivity contribution in [1.82, 2.24) is 4.90 Å². The molecule has 2 atom stereocenters. The molecule has 0 radical (unpaired) electrons. The Kier molecular flexibility index (Phi) is 3.57. The van der Waals surface area contributed by atoms with E-state index in [4.69, 9.17) is 23.2 Å². The van der Waals surface area contributed by atoms with Crippen LogP contribution in [0.4, 0.5) is 0 Å². The Balaban J connectivity index is 1.88. The summed E-state index contributed by atoms with van der Waals surface area (Å²) in [5.41, 5.74) is 0.629. The lowest BCUT2D eigenvalue weighted by Gasteiger charge is -2.16. The maximum Gasteiger partial charge on any atom is 0.233 e. The third-order valence-corrected chi connectivity index (χ3v) is 4.68. The Hall–Kier alpha value is -1.32. The molecule has 1 heterocycles. The van der Waals surface area contributed by atoms with Gasteiger partial charge in [-0.2, -0.15) is 0 Å². The van der Waals surface area contributed by atoms with Crippen LogP contribution in [0.25, 0.3) is 0 Å². The molecule has 0 aromatic heterocycles. The number of nitrogens with zero attached hydrogens (tertiary/aromatic N) is 1. The number of carbonyl (C=O) groups excluding carboxylic acids is 2. The van der Waals surface area contributed by atoms with E-state index in [0.29, 0.717) is 28.5 Å². The Labute approximate surface area is 127 Å². The Morgan fingerprint density at radius 1 is 1.00 bits per heavy atom. The minimum Gasteiger partial charge on any atom is -0.277 e.